The van der Waals surface area contributed by atoms with Crippen LogP contribution in [-0.2, 0) is 16.4 Å². The molecular weight excluding hydrogens is 292 g/mol. The van der Waals surface area contributed by atoms with Gasteiger partial charge < -0.3 is 5.73 Å². The lowest BCUT2D eigenvalue weighted by Gasteiger charge is -2.22. The summed E-state index contributed by atoms with van der Waals surface area (Å²) in [5.74, 6) is 0.290. The van der Waals surface area contributed by atoms with Crippen LogP contribution in [0.15, 0.2) is 29.2 Å². The Morgan fingerprint density at radius 2 is 1.85 bits per heavy atom. The summed E-state index contributed by atoms with van der Waals surface area (Å²) in [5, 5.41) is 0. The molecule has 0 aliphatic carbocycles. The Morgan fingerprint density at radius 1 is 1.30 bits per heavy atom. The topological polar surface area (TPSA) is 63.4 Å². The monoisotopic (exact) mass is 314 g/mol. The first-order chi connectivity index (χ1) is 9.27. The molecule has 0 saturated heterocycles. The van der Waals surface area contributed by atoms with E-state index in [-0.39, 0.29) is 0 Å². The van der Waals surface area contributed by atoms with Crippen molar-refractivity contribution >= 4 is 27.2 Å². The summed E-state index contributed by atoms with van der Waals surface area (Å²) in [6.45, 7) is 6.84. The first-order valence-electron chi connectivity index (χ1n) is 6.64. The zero-order valence-electron chi connectivity index (χ0n) is 12.2. The van der Waals surface area contributed by atoms with Gasteiger partial charge in [0.05, 0.1) is 9.88 Å². The van der Waals surface area contributed by atoms with Crippen molar-refractivity contribution in [3.8, 4) is 0 Å². The van der Waals surface area contributed by atoms with E-state index in [9.17, 15) is 8.42 Å². The highest BCUT2D eigenvalue weighted by molar-refractivity contribution is 7.89. The van der Waals surface area contributed by atoms with Crippen molar-refractivity contribution in [2.45, 2.75) is 32.1 Å². The highest BCUT2D eigenvalue weighted by Gasteiger charge is 2.23. The number of hydrogen-bond acceptors (Lipinski definition) is 3. The molecule has 1 aromatic rings. The van der Waals surface area contributed by atoms with Crippen LogP contribution < -0.4 is 5.73 Å². The molecule has 0 atom stereocenters. The molecule has 0 amide bonds. The molecule has 0 saturated carbocycles. The van der Waals surface area contributed by atoms with Gasteiger partial charge in [-0.2, -0.15) is 4.31 Å². The van der Waals surface area contributed by atoms with Crippen molar-refractivity contribution in [1.29, 1.82) is 0 Å². The number of benzene rings is 1. The molecule has 1 rings (SSSR count). The molecule has 0 aliphatic heterocycles. The van der Waals surface area contributed by atoms with Gasteiger partial charge in [-0.15, -0.1) is 0 Å². The van der Waals surface area contributed by atoms with Crippen molar-refractivity contribution in [3.63, 3.8) is 0 Å². The summed E-state index contributed by atoms with van der Waals surface area (Å²) < 4.78 is 26.5. The van der Waals surface area contributed by atoms with E-state index in [4.69, 9.17) is 18.0 Å². The lowest BCUT2D eigenvalue weighted by atomic mass is 10.1. The second-order valence-electron chi connectivity index (χ2n) is 5.14. The van der Waals surface area contributed by atoms with Gasteiger partial charge in [-0.3, -0.25) is 0 Å². The molecule has 0 aliphatic rings. The van der Waals surface area contributed by atoms with Gasteiger partial charge in [0.2, 0.25) is 10.0 Å². The number of nitrogens with two attached hydrogens (primary N) is 1. The number of thiocarbonyl (C=S) groups is 1. The molecule has 20 heavy (non-hydrogen) atoms. The predicted octanol–water partition coefficient (Wildman–Crippen LogP) is 2.18. The van der Waals surface area contributed by atoms with Crippen LogP contribution in [0.25, 0.3) is 0 Å². The zero-order valence-corrected chi connectivity index (χ0v) is 13.8. The highest BCUT2D eigenvalue weighted by Crippen LogP contribution is 2.18. The van der Waals surface area contributed by atoms with E-state index in [0.29, 0.717) is 35.3 Å². The average molecular weight is 314 g/mol. The fraction of sp³-hybridized carbons (Fsp3) is 0.500. The maximum Gasteiger partial charge on any atom is 0.243 e. The smallest absolute Gasteiger partial charge is 0.243 e. The van der Waals surface area contributed by atoms with Crippen LogP contribution in [0.2, 0.25) is 0 Å². The zero-order chi connectivity index (χ0) is 15.3. The molecule has 0 spiro atoms. The van der Waals surface area contributed by atoms with Gasteiger partial charge >= 0.3 is 0 Å². The fourth-order valence-corrected chi connectivity index (χ4v) is 3.71. The molecule has 2 N–H and O–H groups in total. The molecule has 0 aromatic heterocycles. The van der Waals surface area contributed by atoms with Crippen LogP contribution in [0.1, 0.15) is 26.3 Å². The summed E-state index contributed by atoms with van der Waals surface area (Å²) in [4.78, 5) is 0.710. The minimum atomic E-state index is -3.42. The van der Waals surface area contributed by atoms with E-state index in [1.807, 2.05) is 20.8 Å². The van der Waals surface area contributed by atoms with E-state index in [2.05, 4.69) is 0 Å². The van der Waals surface area contributed by atoms with Crippen LogP contribution in [0.3, 0.4) is 0 Å². The molecule has 1 aromatic carbocycles. The van der Waals surface area contributed by atoms with Crippen LogP contribution in [0.5, 0.6) is 0 Å². The summed E-state index contributed by atoms with van der Waals surface area (Å²) in [7, 11) is -3.42. The normalized spacial score (nSPS) is 12.1. The molecule has 112 valence electrons. The first kappa shape index (κ1) is 17.1. The van der Waals surface area contributed by atoms with Gasteiger partial charge in [-0.25, -0.2) is 8.42 Å². The van der Waals surface area contributed by atoms with E-state index in [1.165, 1.54) is 4.31 Å². The SMILES string of the molecule is CCN(CC(C)C)S(=O)(=O)c1ccc(CC(N)=S)cc1. The van der Waals surface area contributed by atoms with Crippen molar-refractivity contribution in [2.24, 2.45) is 11.7 Å². The van der Waals surface area contributed by atoms with Crippen molar-refractivity contribution in [2.75, 3.05) is 13.1 Å². The standard InChI is InChI=1S/C14H22N2O2S2/c1-4-16(10-11(2)3)20(17,18)13-7-5-12(6-8-13)9-14(15)19/h5-8,11H,4,9-10H2,1-3H3,(H2,15,19). The molecule has 0 radical (unpaired) electrons. The van der Waals surface area contributed by atoms with E-state index in [0.717, 1.165) is 5.56 Å². The molecule has 0 heterocycles. The van der Waals surface area contributed by atoms with Gasteiger partial charge in [0.25, 0.3) is 0 Å². The lowest BCUT2D eigenvalue weighted by Crippen LogP contribution is -2.34. The largest absolute Gasteiger partial charge is 0.393 e. The Labute approximate surface area is 127 Å². The van der Waals surface area contributed by atoms with E-state index in [1.54, 1.807) is 24.3 Å². The number of hydrogen-bond donors (Lipinski definition) is 1. The maximum atomic E-state index is 12.5. The third-order valence-electron chi connectivity index (χ3n) is 2.86. The Bertz CT molecular complexity index is 551. The minimum Gasteiger partial charge on any atom is -0.393 e. The number of sulfonamides is 1. The Kier molecular flexibility index (Phi) is 6.10. The van der Waals surface area contributed by atoms with E-state index >= 15 is 0 Å². The molecule has 6 heteroatoms. The minimum absolute atomic E-state index is 0.290. The lowest BCUT2D eigenvalue weighted by molar-refractivity contribution is 0.381. The van der Waals surface area contributed by atoms with Crippen molar-refractivity contribution in [1.82, 2.24) is 4.31 Å². The van der Waals surface area contributed by atoms with Gasteiger partial charge in [-0.1, -0.05) is 45.1 Å². The predicted molar refractivity (Wildman–Crippen MR) is 86.2 cm³/mol. The van der Waals surface area contributed by atoms with Gasteiger partial charge in [-0.05, 0) is 23.6 Å². The van der Waals surface area contributed by atoms with Gasteiger partial charge in [0, 0.05) is 19.5 Å². The van der Waals surface area contributed by atoms with Gasteiger partial charge in [0.15, 0.2) is 0 Å². The van der Waals surface area contributed by atoms with E-state index < -0.39 is 10.0 Å². The highest BCUT2D eigenvalue weighted by atomic mass is 32.2. The average Bonchev–Trinajstić information content (AvgIpc) is 2.35. The Balaban J connectivity index is 2.99. The second-order valence-corrected chi connectivity index (χ2v) is 7.60. The maximum absolute atomic E-state index is 12.5. The summed E-state index contributed by atoms with van der Waals surface area (Å²) >= 11 is 4.84. The molecule has 0 fully saturated rings. The summed E-state index contributed by atoms with van der Waals surface area (Å²) in [6, 6.07) is 6.75. The summed E-state index contributed by atoms with van der Waals surface area (Å²) in [6.07, 6.45) is 0.485. The molecular formula is C14H22N2O2S2. The van der Waals surface area contributed by atoms with Crippen LogP contribution in [-0.4, -0.2) is 30.8 Å². The van der Waals surface area contributed by atoms with Crippen LogP contribution in [0.4, 0.5) is 0 Å². The van der Waals surface area contributed by atoms with Gasteiger partial charge in [0.1, 0.15) is 0 Å². The Morgan fingerprint density at radius 3 is 2.25 bits per heavy atom. The second kappa shape index (κ2) is 7.15. The Hall–Kier alpha value is -0.980. The fourth-order valence-electron chi connectivity index (χ4n) is 1.93. The number of nitrogens with zero attached hydrogens (tertiary/aromatic N) is 1. The third kappa shape index (κ3) is 4.54. The molecule has 0 bridgehead atoms. The van der Waals surface area contributed by atoms with Crippen molar-refractivity contribution in [3.05, 3.63) is 29.8 Å². The van der Waals surface area contributed by atoms with Crippen LogP contribution >= 0.6 is 12.2 Å². The summed E-state index contributed by atoms with van der Waals surface area (Å²) in [5.41, 5.74) is 6.40. The molecule has 0 unspecified atom stereocenters. The van der Waals surface area contributed by atoms with Crippen LogP contribution in [0, 0.1) is 5.92 Å². The molecule has 4 nitrogen and oxygen atoms in total. The quantitative estimate of drug-likeness (QED) is 0.784. The number of rotatable bonds is 7. The van der Waals surface area contributed by atoms with Crippen molar-refractivity contribution < 1.29 is 8.42 Å². The third-order valence-corrected chi connectivity index (χ3v) is 4.96. The first-order valence-corrected chi connectivity index (χ1v) is 8.49.